The standard InChI is InChI=1S/C13H12ClN5/c1-19-7-6-9(18-19)8-15-13-11-5-3-2-4-10(11)12(14)16-17-13/h2-7H,8H2,1H3,(H,15,17). The van der Waals surface area contributed by atoms with E-state index in [1.54, 1.807) is 4.68 Å². The number of benzene rings is 1. The number of anilines is 1. The Morgan fingerprint density at radius 2 is 1.95 bits per heavy atom. The van der Waals surface area contributed by atoms with Crippen LogP contribution in [0.25, 0.3) is 10.8 Å². The average Bonchev–Trinajstić information content (AvgIpc) is 2.84. The van der Waals surface area contributed by atoms with Gasteiger partial charge in [-0.25, -0.2) is 0 Å². The van der Waals surface area contributed by atoms with Crippen LogP contribution in [0.2, 0.25) is 5.15 Å². The first-order chi connectivity index (χ1) is 9.24. The first-order valence-corrected chi connectivity index (χ1v) is 6.25. The fourth-order valence-corrected chi connectivity index (χ4v) is 2.14. The normalized spacial score (nSPS) is 10.8. The molecule has 0 spiro atoms. The van der Waals surface area contributed by atoms with Crippen molar-refractivity contribution in [1.82, 2.24) is 20.0 Å². The van der Waals surface area contributed by atoms with Gasteiger partial charge in [-0.2, -0.15) is 5.10 Å². The third-order valence-electron chi connectivity index (χ3n) is 2.85. The predicted octanol–water partition coefficient (Wildman–Crippen LogP) is 2.63. The minimum absolute atomic E-state index is 0.416. The van der Waals surface area contributed by atoms with Crippen LogP contribution in [-0.4, -0.2) is 20.0 Å². The molecule has 1 aromatic carbocycles. The summed E-state index contributed by atoms with van der Waals surface area (Å²) in [5.41, 5.74) is 0.948. The van der Waals surface area contributed by atoms with Crippen molar-refractivity contribution in [1.29, 1.82) is 0 Å². The van der Waals surface area contributed by atoms with Crippen LogP contribution < -0.4 is 5.32 Å². The highest BCUT2D eigenvalue weighted by Gasteiger charge is 2.07. The summed E-state index contributed by atoms with van der Waals surface area (Å²) in [6, 6.07) is 9.73. The van der Waals surface area contributed by atoms with E-state index in [1.165, 1.54) is 0 Å². The predicted molar refractivity (Wildman–Crippen MR) is 75.1 cm³/mol. The van der Waals surface area contributed by atoms with Crippen LogP contribution in [0.4, 0.5) is 5.82 Å². The van der Waals surface area contributed by atoms with Crippen molar-refractivity contribution in [3.63, 3.8) is 0 Å². The van der Waals surface area contributed by atoms with Crippen LogP contribution in [0.5, 0.6) is 0 Å². The van der Waals surface area contributed by atoms with Crippen molar-refractivity contribution >= 4 is 28.2 Å². The number of nitrogens with one attached hydrogen (secondary N) is 1. The van der Waals surface area contributed by atoms with E-state index in [4.69, 9.17) is 11.6 Å². The number of nitrogens with zero attached hydrogens (tertiary/aromatic N) is 4. The molecule has 3 aromatic rings. The Balaban J connectivity index is 1.91. The molecule has 96 valence electrons. The SMILES string of the molecule is Cn1ccc(CNc2nnc(Cl)c3ccccc23)n1. The summed E-state index contributed by atoms with van der Waals surface area (Å²) in [6.07, 6.45) is 1.91. The zero-order valence-corrected chi connectivity index (χ0v) is 11.1. The van der Waals surface area contributed by atoms with Crippen molar-refractivity contribution < 1.29 is 0 Å². The molecule has 0 aliphatic carbocycles. The highest BCUT2D eigenvalue weighted by molar-refractivity contribution is 6.34. The second kappa shape index (κ2) is 4.85. The molecule has 1 N–H and O–H groups in total. The third kappa shape index (κ3) is 2.37. The largest absolute Gasteiger partial charge is 0.362 e. The molecular weight excluding hydrogens is 262 g/mol. The number of aryl methyl sites for hydroxylation is 1. The Labute approximate surface area is 115 Å². The van der Waals surface area contributed by atoms with Crippen LogP contribution in [0.1, 0.15) is 5.69 Å². The number of halogens is 1. The topological polar surface area (TPSA) is 55.6 Å². The molecule has 5 nitrogen and oxygen atoms in total. The summed E-state index contributed by atoms with van der Waals surface area (Å²) in [6.45, 7) is 0.598. The Kier molecular flexibility index (Phi) is 3.05. The Morgan fingerprint density at radius 3 is 2.68 bits per heavy atom. The molecule has 2 aromatic heterocycles. The van der Waals surface area contributed by atoms with Crippen LogP contribution in [0, 0.1) is 0 Å². The summed E-state index contributed by atoms with van der Waals surface area (Å²) in [5.74, 6) is 0.714. The van der Waals surface area contributed by atoms with Crippen LogP contribution in [0.15, 0.2) is 36.5 Å². The first-order valence-electron chi connectivity index (χ1n) is 5.87. The lowest BCUT2D eigenvalue weighted by Crippen LogP contribution is -2.04. The molecule has 0 saturated heterocycles. The van der Waals surface area contributed by atoms with E-state index in [0.29, 0.717) is 17.5 Å². The third-order valence-corrected chi connectivity index (χ3v) is 3.13. The van der Waals surface area contributed by atoms with Gasteiger partial charge in [-0.15, -0.1) is 10.2 Å². The molecule has 0 bridgehead atoms. The quantitative estimate of drug-likeness (QED) is 0.797. The minimum atomic E-state index is 0.416. The number of rotatable bonds is 3. The maximum Gasteiger partial charge on any atom is 0.159 e. The van der Waals surface area contributed by atoms with Crippen molar-refractivity contribution in [3.05, 3.63) is 47.4 Å². The number of aromatic nitrogens is 4. The molecule has 0 atom stereocenters. The lowest BCUT2D eigenvalue weighted by molar-refractivity contribution is 0.746. The fourth-order valence-electron chi connectivity index (χ4n) is 1.93. The second-order valence-electron chi connectivity index (χ2n) is 4.22. The molecule has 6 heteroatoms. The smallest absolute Gasteiger partial charge is 0.159 e. The van der Waals surface area contributed by atoms with Gasteiger partial charge >= 0.3 is 0 Å². The van der Waals surface area contributed by atoms with E-state index in [9.17, 15) is 0 Å². The average molecular weight is 274 g/mol. The number of hydrogen-bond acceptors (Lipinski definition) is 4. The van der Waals surface area contributed by atoms with Gasteiger partial charge in [-0.05, 0) is 6.07 Å². The summed E-state index contributed by atoms with van der Waals surface area (Å²) >= 11 is 6.03. The lowest BCUT2D eigenvalue weighted by atomic mass is 10.2. The summed E-state index contributed by atoms with van der Waals surface area (Å²) in [7, 11) is 1.89. The summed E-state index contributed by atoms with van der Waals surface area (Å²) in [5, 5.41) is 17.9. The van der Waals surface area contributed by atoms with E-state index in [1.807, 2.05) is 43.6 Å². The van der Waals surface area contributed by atoms with Gasteiger partial charge in [0.15, 0.2) is 11.0 Å². The van der Waals surface area contributed by atoms with Crippen molar-refractivity contribution in [2.75, 3.05) is 5.32 Å². The van der Waals surface area contributed by atoms with Crippen molar-refractivity contribution in [2.45, 2.75) is 6.54 Å². The van der Waals surface area contributed by atoms with Crippen LogP contribution in [-0.2, 0) is 13.6 Å². The highest BCUT2D eigenvalue weighted by atomic mass is 35.5. The maximum absolute atomic E-state index is 6.03. The van der Waals surface area contributed by atoms with Gasteiger partial charge in [0.1, 0.15) is 0 Å². The van der Waals surface area contributed by atoms with Gasteiger partial charge in [-0.3, -0.25) is 4.68 Å². The van der Waals surface area contributed by atoms with Gasteiger partial charge < -0.3 is 5.32 Å². The zero-order valence-electron chi connectivity index (χ0n) is 10.3. The molecule has 19 heavy (non-hydrogen) atoms. The van der Waals surface area contributed by atoms with Gasteiger partial charge in [0.05, 0.1) is 12.2 Å². The fraction of sp³-hybridized carbons (Fsp3) is 0.154. The molecule has 0 radical (unpaired) electrons. The Hall–Kier alpha value is -2.14. The molecule has 0 aliphatic heterocycles. The van der Waals surface area contributed by atoms with E-state index >= 15 is 0 Å². The van der Waals surface area contributed by atoms with E-state index in [-0.39, 0.29) is 0 Å². The van der Waals surface area contributed by atoms with Gasteiger partial charge in [-0.1, -0.05) is 35.9 Å². The molecule has 0 aliphatic rings. The highest BCUT2D eigenvalue weighted by Crippen LogP contribution is 2.25. The van der Waals surface area contributed by atoms with Crippen molar-refractivity contribution in [3.8, 4) is 0 Å². The van der Waals surface area contributed by atoms with Gasteiger partial charge in [0.2, 0.25) is 0 Å². The molecule has 3 rings (SSSR count). The van der Waals surface area contributed by atoms with Crippen LogP contribution in [0.3, 0.4) is 0 Å². The maximum atomic E-state index is 6.03. The van der Waals surface area contributed by atoms with Crippen LogP contribution >= 0.6 is 11.6 Å². The molecule has 0 fully saturated rings. The van der Waals surface area contributed by atoms with E-state index in [2.05, 4.69) is 20.6 Å². The Morgan fingerprint density at radius 1 is 1.16 bits per heavy atom. The number of hydrogen-bond donors (Lipinski definition) is 1. The van der Waals surface area contributed by atoms with Gasteiger partial charge in [0.25, 0.3) is 0 Å². The monoisotopic (exact) mass is 273 g/mol. The van der Waals surface area contributed by atoms with E-state index < -0.39 is 0 Å². The minimum Gasteiger partial charge on any atom is -0.362 e. The van der Waals surface area contributed by atoms with Crippen molar-refractivity contribution in [2.24, 2.45) is 7.05 Å². The molecule has 0 unspecified atom stereocenters. The van der Waals surface area contributed by atoms with Gasteiger partial charge in [0, 0.05) is 24.0 Å². The lowest BCUT2D eigenvalue weighted by Gasteiger charge is -2.07. The Bertz CT molecular complexity index is 722. The summed E-state index contributed by atoms with van der Waals surface area (Å²) < 4.78 is 1.77. The second-order valence-corrected chi connectivity index (χ2v) is 4.58. The first kappa shape index (κ1) is 11.9. The van der Waals surface area contributed by atoms with E-state index in [0.717, 1.165) is 16.5 Å². The molecule has 0 saturated carbocycles. The number of fused-ring (bicyclic) bond motifs is 1. The molecule has 2 heterocycles. The zero-order chi connectivity index (χ0) is 13.2. The summed E-state index contributed by atoms with van der Waals surface area (Å²) in [4.78, 5) is 0. The molecule has 0 amide bonds. The molecular formula is C13H12ClN5.